The zero-order chi connectivity index (χ0) is 7.56. The third kappa shape index (κ3) is 1.42. The van der Waals surface area contributed by atoms with Gasteiger partial charge in [0.05, 0.1) is 6.26 Å². The van der Waals surface area contributed by atoms with E-state index in [4.69, 9.17) is 13.6 Å². The molecule has 1 rings (SSSR count). The SMILES string of the molecule is C=COP1OC(C)=C(C)O1. The average molecular weight is 160 g/mol. The zero-order valence-electron chi connectivity index (χ0n) is 5.96. The Morgan fingerprint density at radius 3 is 2.30 bits per heavy atom. The Kier molecular flexibility index (Phi) is 2.17. The van der Waals surface area contributed by atoms with E-state index in [9.17, 15) is 0 Å². The van der Waals surface area contributed by atoms with Crippen LogP contribution in [-0.2, 0) is 13.6 Å². The molecule has 0 radical (unpaired) electrons. The van der Waals surface area contributed by atoms with E-state index in [2.05, 4.69) is 6.58 Å². The molecule has 0 bridgehead atoms. The molecule has 0 aromatic heterocycles. The first-order valence-corrected chi connectivity index (χ1v) is 3.95. The fourth-order valence-electron chi connectivity index (χ4n) is 0.475. The smallest absolute Gasteiger partial charge is 0.417 e. The summed E-state index contributed by atoms with van der Waals surface area (Å²) in [4.78, 5) is 0. The molecule has 0 aromatic carbocycles. The molecule has 10 heavy (non-hydrogen) atoms. The van der Waals surface area contributed by atoms with Crippen LogP contribution in [0.15, 0.2) is 24.4 Å². The molecule has 0 amide bonds. The van der Waals surface area contributed by atoms with Gasteiger partial charge in [0.1, 0.15) is 11.5 Å². The molecular formula is C6H9O3P. The molecule has 1 aliphatic heterocycles. The van der Waals surface area contributed by atoms with Crippen LogP contribution in [0.2, 0.25) is 0 Å². The summed E-state index contributed by atoms with van der Waals surface area (Å²) in [6, 6.07) is 0. The van der Waals surface area contributed by atoms with Gasteiger partial charge in [-0.25, -0.2) is 0 Å². The summed E-state index contributed by atoms with van der Waals surface area (Å²) in [5.74, 6) is 1.57. The summed E-state index contributed by atoms with van der Waals surface area (Å²) in [6.07, 6.45) is 1.32. The molecule has 0 N–H and O–H groups in total. The van der Waals surface area contributed by atoms with Crippen molar-refractivity contribution in [1.29, 1.82) is 0 Å². The largest absolute Gasteiger partial charge is 0.529 e. The second-order valence-electron chi connectivity index (χ2n) is 1.79. The molecule has 56 valence electrons. The minimum atomic E-state index is -1.22. The maximum absolute atomic E-state index is 5.14. The molecule has 0 saturated heterocycles. The third-order valence-corrected chi connectivity index (χ3v) is 2.25. The molecule has 0 aromatic rings. The van der Waals surface area contributed by atoms with Gasteiger partial charge in [-0.2, -0.15) is 0 Å². The van der Waals surface area contributed by atoms with Gasteiger partial charge in [0.25, 0.3) is 0 Å². The van der Waals surface area contributed by atoms with E-state index in [-0.39, 0.29) is 0 Å². The van der Waals surface area contributed by atoms with Crippen LogP contribution < -0.4 is 0 Å². The average Bonchev–Trinajstić information content (AvgIpc) is 2.14. The Morgan fingerprint density at radius 1 is 1.40 bits per heavy atom. The van der Waals surface area contributed by atoms with Gasteiger partial charge in [-0.15, -0.1) is 0 Å². The van der Waals surface area contributed by atoms with Gasteiger partial charge >= 0.3 is 8.60 Å². The maximum Gasteiger partial charge on any atom is 0.529 e. The van der Waals surface area contributed by atoms with Crippen LogP contribution >= 0.6 is 8.60 Å². The van der Waals surface area contributed by atoms with Crippen molar-refractivity contribution in [2.24, 2.45) is 0 Å². The Balaban J connectivity index is 2.43. The Hall–Kier alpha value is -0.690. The quantitative estimate of drug-likeness (QED) is 0.459. The Morgan fingerprint density at radius 2 is 1.90 bits per heavy atom. The number of hydrogen-bond donors (Lipinski definition) is 0. The zero-order valence-corrected chi connectivity index (χ0v) is 6.85. The highest BCUT2D eigenvalue weighted by atomic mass is 31.2. The predicted octanol–water partition coefficient (Wildman–Crippen LogP) is 2.67. The second-order valence-corrected chi connectivity index (χ2v) is 2.81. The van der Waals surface area contributed by atoms with Crippen LogP contribution in [0.5, 0.6) is 0 Å². The molecule has 0 atom stereocenters. The van der Waals surface area contributed by atoms with E-state index in [0.717, 1.165) is 11.5 Å². The van der Waals surface area contributed by atoms with Gasteiger partial charge in [0.2, 0.25) is 0 Å². The molecule has 0 spiro atoms. The van der Waals surface area contributed by atoms with Crippen LogP contribution in [0, 0.1) is 0 Å². The highest BCUT2D eigenvalue weighted by molar-refractivity contribution is 7.42. The lowest BCUT2D eigenvalue weighted by atomic mass is 10.5. The van der Waals surface area contributed by atoms with Crippen molar-refractivity contribution in [2.75, 3.05) is 0 Å². The molecular weight excluding hydrogens is 151 g/mol. The molecule has 0 aliphatic carbocycles. The summed E-state index contributed by atoms with van der Waals surface area (Å²) in [6.45, 7) is 7.06. The van der Waals surface area contributed by atoms with Crippen molar-refractivity contribution in [1.82, 2.24) is 0 Å². The fraction of sp³-hybridized carbons (Fsp3) is 0.333. The Labute approximate surface area is 61.3 Å². The standard InChI is InChI=1S/C6H9O3P/c1-4-7-10-8-5(2)6(3)9-10/h4H,1H2,2-3H3. The minimum absolute atomic E-state index is 0.785. The molecule has 1 heterocycles. The van der Waals surface area contributed by atoms with Crippen molar-refractivity contribution in [3.8, 4) is 0 Å². The number of hydrogen-bond acceptors (Lipinski definition) is 3. The summed E-state index contributed by atoms with van der Waals surface area (Å²) in [5, 5.41) is 0. The summed E-state index contributed by atoms with van der Waals surface area (Å²) in [5.41, 5.74) is 0. The first-order chi connectivity index (χ1) is 4.74. The van der Waals surface area contributed by atoms with E-state index in [1.54, 1.807) is 0 Å². The van der Waals surface area contributed by atoms with Crippen molar-refractivity contribution in [3.05, 3.63) is 24.4 Å². The van der Waals surface area contributed by atoms with Gasteiger partial charge in [0, 0.05) is 0 Å². The van der Waals surface area contributed by atoms with E-state index >= 15 is 0 Å². The van der Waals surface area contributed by atoms with Crippen LogP contribution in [0.25, 0.3) is 0 Å². The molecule has 4 heteroatoms. The maximum atomic E-state index is 5.14. The first-order valence-electron chi connectivity index (χ1n) is 2.85. The topological polar surface area (TPSA) is 27.7 Å². The van der Waals surface area contributed by atoms with Gasteiger partial charge in [0.15, 0.2) is 0 Å². The van der Waals surface area contributed by atoms with Gasteiger partial charge in [-0.05, 0) is 13.8 Å². The van der Waals surface area contributed by atoms with E-state index in [1.165, 1.54) is 6.26 Å². The molecule has 1 aliphatic rings. The Bertz CT molecular complexity index is 162. The van der Waals surface area contributed by atoms with E-state index < -0.39 is 8.60 Å². The minimum Gasteiger partial charge on any atom is -0.417 e. The lowest BCUT2D eigenvalue weighted by Crippen LogP contribution is -1.75. The fourth-order valence-corrected chi connectivity index (χ4v) is 1.42. The van der Waals surface area contributed by atoms with Crippen molar-refractivity contribution in [2.45, 2.75) is 13.8 Å². The van der Waals surface area contributed by atoms with Gasteiger partial charge in [-0.1, -0.05) is 6.58 Å². The van der Waals surface area contributed by atoms with Gasteiger partial charge in [-0.3, -0.25) is 0 Å². The van der Waals surface area contributed by atoms with Crippen LogP contribution in [-0.4, -0.2) is 0 Å². The summed E-state index contributed by atoms with van der Waals surface area (Å²) >= 11 is 0. The summed E-state index contributed by atoms with van der Waals surface area (Å²) < 4.78 is 15.2. The normalized spacial score (nSPS) is 18.2. The van der Waals surface area contributed by atoms with Gasteiger partial charge < -0.3 is 13.6 Å². The van der Waals surface area contributed by atoms with Crippen LogP contribution in [0.1, 0.15) is 13.8 Å². The highest BCUT2D eigenvalue weighted by Crippen LogP contribution is 2.50. The molecule has 0 fully saturated rings. The monoisotopic (exact) mass is 160 g/mol. The molecule has 0 saturated carbocycles. The lowest BCUT2D eigenvalue weighted by Gasteiger charge is -2.04. The van der Waals surface area contributed by atoms with Crippen molar-refractivity contribution < 1.29 is 13.6 Å². The number of rotatable bonds is 2. The van der Waals surface area contributed by atoms with E-state index in [0.29, 0.717) is 0 Å². The lowest BCUT2D eigenvalue weighted by molar-refractivity contribution is 0.327. The summed E-state index contributed by atoms with van der Waals surface area (Å²) in [7, 11) is -1.22. The van der Waals surface area contributed by atoms with Crippen LogP contribution in [0.4, 0.5) is 0 Å². The number of allylic oxidation sites excluding steroid dienone is 2. The highest BCUT2D eigenvalue weighted by Gasteiger charge is 2.25. The van der Waals surface area contributed by atoms with E-state index in [1.807, 2.05) is 13.8 Å². The van der Waals surface area contributed by atoms with Crippen molar-refractivity contribution >= 4 is 8.60 Å². The second kappa shape index (κ2) is 2.93. The van der Waals surface area contributed by atoms with Crippen LogP contribution in [0.3, 0.4) is 0 Å². The van der Waals surface area contributed by atoms with Crippen molar-refractivity contribution in [3.63, 3.8) is 0 Å². The first kappa shape index (κ1) is 7.42. The predicted molar refractivity (Wildman–Crippen MR) is 38.7 cm³/mol. The third-order valence-electron chi connectivity index (χ3n) is 1.08. The molecule has 3 nitrogen and oxygen atoms in total. The molecule has 0 unspecified atom stereocenters.